The number of aromatic nitrogens is 4. The summed E-state index contributed by atoms with van der Waals surface area (Å²) in [6.45, 7) is 2.15. The van der Waals surface area contributed by atoms with Crippen LogP contribution in [-0.2, 0) is 12.8 Å². The number of nitrogens with zero attached hydrogens (tertiary/aromatic N) is 3. The van der Waals surface area contributed by atoms with E-state index in [1.807, 2.05) is 0 Å². The maximum atomic E-state index is 10.9. The number of aromatic amines is 1. The summed E-state index contributed by atoms with van der Waals surface area (Å²) in [4.78, 5) is 2.39. The molecular weight excluding hydrogens is 394 g/mol. The van der Waals surface area contributed by atoms with E-state index in [-0.39, 0.29) is 0 Å². The first-order chi connectivity index (χ1) is 14.7. The summed E-state index contributed by atoms with van der Waals surface area (Å²) in [5, 5.41) is 28.6. The Labute approximate surface area is 179 Å². The van der Waals surface area contributed by atoms with E-state index in [0.717, 1.165) is 40.5 Å². The topological polar surface area (TPSA) is 86.7 Å². The fraction of sp³-hybridized carbons (Fsp3) is 0.348. The van der Waals surface area contributed by atoms with Crippen LogP contribution in [0.15, 0.2) is 42.5 Å². The molecule has 5 rings (SSSR count). The van der Waals surface area contributed by atoms with Gasteiger partial charge in [-0.2, -0.15) is 5.21 Å². The lowest BCUT2D eigenvalue weighted by Crippen LogP contribution is -2.32. The van der Waals surface area contributed by atoms with E-state index < -0.39 is 6.23 Å². The van der Waals surface area contributed by atoms with Gasteiger partial charge in [0.25, 0.3) is 0 Å². The molecule has 3 aromatic rings. The molecule has 30 heavy (non-hydrogen) atoms. The van der Waals surface area contributed by atoms with Crippen molar-refractivity contribution in [2.45, 2.75) is 45.3 Å². The molecule has 0 radical (unpaired) electrons. The van der Waals surface area contributed by atoms with Crippen molar-refractivity contribution in [2.75, 3.05) is 0 Å². The first-order valence-corrected chi connectivity index (χ1v) is 11.4. The van der Waals surface area contributed by atoms with Crippen LogP contribution in [0.3, 0.4) is 0 Å². The number of H-pyrrole nitrogens is 1. The van der Waals surface area contributed by atoms with Crippen molar-refractivity contribution in [1.82, 2.24) is 25.9 Å². The molecule has 1 saturated carbocycles. The average molecular weight is 420 g/mol. The third-order valence-electron chi connectivity index (χ3n) is 5.81. The van der Waals surface area contributed by atoms with Crippen LogP contribution in [-0.4, -0.2) is 32.0 Å². The van der Waals surface area contributed by atoms with Crippen LogP contribution in [0.1, 0.15) is 52.9 Å². The van der Waals surface area contributed by atoms with Gasteiger partial charge in [-0.1, -0.05) is 44.0 Å². The van der Waals surface area contributed by atoms with Gasteiger partial charge in [0.2, 0.25) is 5.82 Å². The van der Waals surface area contributed by atoms with E-state index in [0.29, 0.717) is 11.4 Å². The minimum Gasteiger partial charge on any atom is -0.369 e. The molecule has 6 nitrogen and oxygen atoms in total. The zero-order valence-electron chi connectivity index (χ0n) is 16.9. The number of rotatable bonds is 7. The van der Waals surface area contributed by atoms with Crippen molar-refractivity contribution in [3.8, 4) is 0 Å². The lowest BCUT2D eigenvalue weighted by Gasteiger charge is -2.25. The zero-order chi connectivity index (χ0) is 20.5. The summed E-state index contributed by atoms with van der Waals surface area (Å²) in [5.41, 5.74) is 4.89. The predicted molar refractivity (Wildman–Crippen MR) is 119 cm³/mol. The number of nitrogens with one attached hydrogen (secondary N) is 2. The van der Waals surface area contributed by atoms with Crippen LogP contribution in [0.4, 0.5) is 0 Å². The Kier molecular flexibility index (Phi) is 5.23. The van der Waals surface area contributed by atoms with Crippen molar-refractivity contribution in [3.05, 3.63) is 69.2 Å². The summed E-state index contributed by atoms with van der Waals surface area (Å²) >= 11 is 1.73. The third kappa shape index (κ3) is 3.95. The Balaban J connectivity index is 1.50. The molecule has 0 spiro atoms. The van der Waals surface area contributed by atoms with E-state index >= 15 is 0 Å². The molecule has 1 aromatic carbocycles. The average Bonchev–Trinajstić information content (AvgIpc) is 3.23. The smallest absolute Gasteiger partial charge is 0.205 e. The van der Waals surface area contributed by atoms with E-state index in [1.54, 1.807) is 11.3 Å². The number of tetrazole rings is 1. The highest BCUT2D eigenvalue weighted by atomic mass is 32.1. The molecule has 1 atom stereocenters. The highest BCUT2D eigenvalue weighted by molar-refractivity contribution is 7.13. The van der Waals surface area contributed by atoms with E-state index in [4.69, 9.17) is 0 Å². The molecule has 3 N–H and O–H groups in total. The quantitative estimate of drug-likeness (QED) is 0.538. The number of allylic oxidation sites excluding steroid dienone is 2. The monoisotopic (exact) mass is 419 g/mol. The maximum Gasteiger partial charge on any atom is 0.205 e. The Morgan fingerprint density at radius 2 is 1.97 bits per heavy atom. The molecule has 7 heteroatoms. The fourth-order valence-corrected chi connectivity index (χ4v) is 4.84. The van der Waals surface area contributed by atoms with Crippen LogP contribution >= 0.6 is 11.3 Å². The highest BCUT2D eigenvalue weighted by Gasteiger charge is 2.28. The predicted octanol–water partition coefficient (Wildman–Crippen LogP) is 4.04. The molecule has 0 bridgehead atoms. The zero-order valence-corrected chi connectivity index (χ0v) is 17.7. The van der Waals surface area contributed by atoms with Gasteiger partial charge in [-0.25, -0.2) is 0 Å². The summed E-state index contributed by atoms with van der Waals surface area (Å²) in [7, 11) is 0. The first kappa shape index (κ1) is 19.2. The lowest BCUT2D eigenvalue weighted by atomic mass is 9.96. The van der Waals surface area contributed by atoms with Gasteiger partial charge in [0.05, 0.1) is 5.57 Å². The van der Waals surface area contributed by atoms with Crippen LogP contribution in [0.2, 0.25) is 0 Å². The van der Waals surface area contributed by atoms with Crippen molar-refractivity contribution < 1.29 is 5.11 Å². The van der Waals surface area contributed by atoms with Gasteiger partial charge in [-0.05, 0) is 59.7 Å². The summed E-state index contributed by atoms with van der Waals surface area (Å²) in [6, 6.07) is 12.9. The van der Waals surface area contributed by atoms with Crippen LogP contribution in [0.5, 0.6) is 0 Å². The standard InChI is InChI=1S/C23H25N5OS/c1-2-17-11-12-20(30-17)18-13-19(24-23(29)21(18)22-25-27-28-26-22)16-9-7-15(8-10-16)6-5-14-3-4-14/h7-14,23-24,29H,2-6H2,1H3,(H,25,26,27,28). The van der Waals surface area contributed by atoms with Crippen LogP contribution < -0.4 is 5.32 Å². The molecule has 0 amide bonds. The van der Waals surface area contributed by atoms with Gasteiger partial charge >= 0.3 is 0 Å². The SMILES string of the molecule is CCc1ccc(C2=C(c3nn[nH]n3)C(O)NC(c3ccc(CCC4CC4)cc3)=C2)s1. The Morgan fingerprint density at radius 1 is 1.13 bits per heavy atom. The largest absolute Gasteiger partial charge is 0.369 e. The highest BCUT2D eigenvalue weighted by Crippen LogP contribution is 2.37. The van der Waals surface area contributed by atoms with Crippen molar-refractivity contribution >= 4 is 28.2 Å². The van der Waals surface area contributed by atoms with Gasteiger partial charge in [-0.3, -0.25) is 0 Å². The second kappa shape index (κ2) is 8.16. The third-order valence-corrected chi connectivity index (χ3v) is 7.07. The second-order valence-corrected chi connectivity index (χ2v) is 9.13. The molecule has 1 fully saturated rings. The van der Waals surface area contributed by atoms with Crippen molar-refractivity contribution in [3.63, 3.8) is 0 Å². The van der Waals surface area contributed by atoms with E-state index in [2.05, 4.69) is 75.3 Å². The minimum atomic E-state index is -0.917. The summed E-state index contributed by atoms with van der Waals surface area (Å²) in [6.07, 6.45) is 7.37. The number of aliphatic hydroxyl groups is 1. The first-order valence-electron chi connectivity index (χ1n) is 10.5. The van der Waals surface area contributed by atoms with Gasteiger partial charge < -0.3 is 10.4 Å². The van der Waals surface area contributed by atoms with Crippen LogP contribution in [0, 0.1) is 5.92 Å². The minimum absolute atomic E-state index is 0.405. The summed E-state index contributed by atoms with van der Waals surface area (Å²) in [5.74, 6) is 1.35. The van der Waals surface area contributed by atoms with Gasteiger partial charge in [0.1, 0.15) is 0 Å². The van der Waals surface area contributed by atoms with E-state index in [1.165, 1.54) is 29.7 Å². The number of thiophene rings is 1. The number of hydrogen-bond donors (Lipinski definition) is 3. The maximum absolute atomic E-state index is 10.9. The number of dihydropyridines is 1. The number of hydrogen-bond acceptors (Lipinski definition) is 6. The van der Waals surface area contributed by atoms with Crippen molar-refractivity contribution in [1.29, 1.82) is 0 Å². The number of aliphatic hydroxyl groups excluding tert-OH is 1. The normalized spacial score (nSPS) is 19.0. The van der Waals surface area contributed by atoms with Gasteiger partial charge in [0, 0.05) is 21.0 Å². The molecule has 1 aliphatic heterocycles. The van der Waals surface area contributed by atoms with Gasteiger partial charge in [0.15, 0.2) is 6.23 Å². The number of benzene rings is 1. The number of aryl methyl sites for hydroxylation is 2. The summed E-state index contributed by atoms with van der Waals surface area (Å²) < 4.78 is 0. The second-order valence-electron chi connectivity index (χ2n) is 7.97. The fourth-order valence-electron chi connectivity index (χ4n) is 3.86. The van der Waals surface area contributed by atoms with Gasteiger partial charge in [-0.15, -0.1) is 21.5 Å². The molecule has 1 aliphatic carbocycles. The van der Waals surface area contributed by atoms with Crippen molar-refractivity contribution in [2.24, 2.45) is 5.92 Å². The molecule has 2 aliphatic rings. The lowest BCUT2D eigenvalue weighted by molar-refractivity contribution is 0.214. The molecular formula is C23H25N5OS. The Hall–Kier alpha value is -2.77. The molecule has 2 aromatic heterocycles. The molecule has 1 unspecified atom stereocenters. The Bertz CT molecular complexity index is 1080. The molecule has 0 saturated heterocycles. The van der Waals surface area contributed by atoms with E-state index in [9.17, 15) is 5.11 Å². The van der Waals surface area contributed by atoms with Crippen LogP contribution in [0.25, 0.3) is 16.8 Å². The molecule has 3 heterocycles. The molecule has 154 valence electrons. The Morgan fingerprint density at radius 3 is 2.63 bits per heavy atom.